The molecule has 0 unspecified atom stereocenters. The molecule has 64 valence electrons. The smallest absolute Gasteiger partial charge is 0.382 e. The Kier molecular flexibility index (Phi) is 2.88. The highest BCUT2D eigenvalue weighted by atomic mass is 16.4. The highest BCUT2D eigenvalue weighted by Gasteiger charge is 1.88. The van der Waals surface area contributed by atoms with Gasteiger partial charge < -0.3 is 5.11 Å². The van der Waals surface area contributed by atoms with Crippen molar-refractivity contribution in [3.63, 3.8) is 0 Å². The van der Waals surface area contributed by atoms with Crippen LogP contribution in [-0.4, -0.2) is 11.1 Å². The fourth-order valence-electron chi connectivity index (χ4n) is 0.828. The molecule has 1 aromatic carbocycles. The molecule has 0 aliphatic heterocycles. The molecule has 0 atom stereocenters. The van der Waals surface area contributed by atoms with Crippen molar-refractivity contribution in [2.24, 2.45) is 0 Å². The maximum absolute atomic E-state index is 10.1. The fraction of sp³-hybridized carbons (Fsp3) is 0. The lowest BCUT2D eigenvalue weighted by Gasteiger charge is -1.91. The largest absolute Gasteiger partial charge is 0.472 e. The van der Waals surface area contributed by atoms with Gasteiger partial charge in [0.2, 0.25) is 0 Å². The maximum atomic E-state index is 10.1. The highest BCUT2D eigenvalue weighted by Crippen LogP contribution is 2.03. The van der Waals surface area contributed by atoms with Gasteiger partial charge >= 0.3 is 5.97 Å². The second kappa shape index (κ2) is 4.13. The molecule has 2 heteroatoms. The molecular weight excluding hydrogens is 164 g/mol. The maximum Gasteiger partial charge on any atom is 0.382 e. The van der Waals surface area contributed by atoms with Gasteiger partial charge in [0.1, 0.15) is 0 Å². The summed E-state index contributed by atoms with van der Waals surface area (Å²) >= 11 is 0. The van der Waals surface area contributed by atoms with E-state index in [-0.39, 0.29) is 0 Å². The van der Waals surface area contributed by atoms with E-state index in [4.69, 9.17) is 5.11 Å². The molecule has 0 bridgehead atoms. The van der Waals surface area contributed by atoms with Gasteiger partial charge in [-0.15, -0.1) is 0 Å². The first-order valence-corrected chi connectivity index (χ1v) is 3.70. The summed E-state index contributed by atoms with van der Waals surface area (Å²) in [6.45, 7) is 3.60. The Balaban J connectivity index is 2.88. The number of carboxylic acids is 1. The topological polar surface area (TPSA) is 37.3 Å². The van der Waals surface area contributed by atoms with E-state index in [9.17, 15) is 4.79 Å². The lowest BCUT2D eigenvalue weighted by atomic mass is 10.1. The minimum absolute atomic E-state index is 0.688. The predicted molar refractivity (Wildman–Crippen MR) is 51.0 cm³/mol. The second-order valence-electron chi connectivity index (χ2n) is 2.38. The predicted octanol–water partition coefficient (Wildman–Crippen LogP) is 1.77. The van der Waals surface area contributed by atoms with E-state index < -0.39 is 5.97 Å². The number of carbonyl (C=O) groups is 1. The van der Waals surface area contributed by atoms with E-state index >= 15 is 0 Å². The molecule has 1 N–H and O–H groups in total. The number of benzene rings is 1. The van der Waals surface area contributed by atoms with Gasteiger partial charge in [0.25, 0.3) is 0 Å². The van der Waals surface area contributed by atoms with Crippen LogP contribution in [-0.2, 0) is 4.79 Å². The Morgan fingerprint density at radius 2 is 2.00 bits per heavy atom. The first kappa shape index (κ1) is 9.08. The van der Waals surface area contributed by atoms with Crippen LogP contribution in [0.25, 0.3) is 6.08 Å². The van der Waals surface area contributed by atoms with Gasteiger partial charge in [-0.25, -0.2) is 4.79 Å². The van der Waals surface area contributed by atoms with Crippen molar-refractivity contribution in [3.05, 3.63) is 42.0 Å². The van der Waals surface area contributed by atoms with Gasteiger partial charge in [0.05, 0.1) is 0 Å². The van der Waals surface area contributed by atoms with Crippen LogP contribution < -0.4 is 0 Å². The van der Waals surface area contributed by atoms with Gasteiger partial charge in [0, 0.05) is 11.5 Å². The normalized spacial score (nSPS) is 8.31. The van der Waals surface area contributed by atoms with Crippen molar-refractivity contribution in [1.82, 2.24) is 0 Å². The molecule has 1 rings (SSSR count). The van der Waals surface area contributed by atoms with Crippen molar-refractivity contribution in [1.29, 1.82) is 0 Å². The van der Waals surface area contributed by atoms with E-state index in [0.29, 0.717) is 5.56 Å². The zero-order valence-electron chi connectivity index (χ0n) is 6.95. The van der Waals surface area contributed by atoms with Crippen molar-refractivity contribution in [2.45, 2.75) is 0 Å². The molecule has 0 aliphatic rings. The fourth-order valence-corrected chi connectivity index (χ4v) is 0.828. The summed E-state index contributed by atoms with van der Waals surface area (Å²) in [5.74, 6) is 3.43. The molecule has 0 fully saturated rings. The lowest BCUT2D eigenvalue weighted by molar-refractivity contribution is -0.130. The van der Waals surface area contributed by atoms with Crippen LogP contribution in [0.3, 0.4) is 0 Å². The monoisotopic (exact) mass is 172 g/mol. The molecular formula is C11H8O2. The van der Waals surface area contributed by atoms with Crippen LogP contribution in [0.4, 0.5) is 0 Å². The van der Waals surface area contributed by atoms with Gasteiger partial charge in [-0.1, -0.05) is 30.7 Å². The number of aliphatic carboxylic acids is 1. The lowest BCUT2D eigenvalue weighted by Crippen LogP contribution is -1.87. The van der Waals surface area contributed by atoms with Gasteiger partial charge in [0.15, 0.2) is 0 Å². The van der Waals surface area contributed by atoms with Crippen LogP contribution in [0.5, 0.6) is 0 Å². The zero-order valence-corrected chi connectivity index (χ0v) is 6.95. The number of carboxylic acid groups (broad SMARTS) is 1. The van der Waals surface area contributed by atoms with Crippen LogP contribution in [0.1, 0.15) is 11.1 Å². The third kappa shape index (κ3) is 2.84. The van der Waals surface area contributed by atoms with Crippen molar-refractivity contribution in [3.8, 4) is 11.8 Å². The Morgan fingerprint density at radius 1 is 1.38 bits per heavy atom. The van der Waals surface area contributed by atoms with E-state index in [1.54, 1.807) is 18.2 Å². The molecule has 13 heavy (non-hydrogen) atoms. The minimum atomic E-state index is -1.12. The summed E-state index contributed by atoms with van der Waals surface area (Å²) in [6, 6.07) is 7.18. The minimum Gasteiger partial charge on any atom is -0.472 e. The third-order valence-corrected chi connectivity index (χ3v) is 1.46. The Bertz CT molecular complexity index is 377. The van der Waals surface area contributed by atoms with Crippen molar-refractivity contribution in [2.75, 3.05) is 0 Å². The third-order valence-electron chi connectivity index (χ3n) is 1.46. The first-order valence-electron chi connectivity index (χ1n) is 3.70. The molecule has 0 aliphatic carbocycles. The molecule has 0 saturated heterocycles. The van der Waals surface area contributed by atoms with E-state index in [0.717, 1.165) is 5.56 Å². The Labute approximate surface area is 76.5 Å². The van der Waals surface area contributed by atoms with Crippen LogP contribution in [0.2, 0.25) is 0 Å². The molecule has 0 amide bonds. The molecule has 0 radical (unpaired) electrons. The number of rotatable bonds is 1. The molecule has 0 saturated carbocycles. The average Bonchev–Trinajstić information content (AvgIpc) is 2.15. The summed E-state index contributed by atoms with van der Waals surface area (Å²) in [4.78, 5) is 10.1. The molecule has 0 heterocycles. The zero-order chi connectivity index (χ0) is 9.68. The summed E-state index contributed by atoms with van der Waals surface area (Å²) in [5.41, 5.74) is 1.67. The summed E-state index contributed by atoms with van der Waals surface area (Å²) in [7, 11) is 0. The second-order valence-corrected chi connectivity index (χ2v) is 2.38. The van der Waals surface area contributed by atoms with E-state index in [1.807, 2.05) is 18.1 Å². The summed E-state index contributed by atoms with van der Waals surface area (Å²) < 4.78 is 0. The molecule has 0 aromatic heterocycles. The van der Waals surface area contributed by atoms with E-state index in [2.05, 4.69) is 12.5 Å². The number of hydrogen-bond donors (Lipinski definition) is 1. The van der Waals surface area contributed by atoms with E-state index in [1.165, 1.54) is 0 Å². The SMILES string of the molecule is C=Cc1ccc(C#CC(=O)O)cc1. The van der Waals surface area contributed by atoms with Gasteiger partial charge in [-0.2, -0.15) is 0 Å². The van der Waals surface area contributed by atoms with Crippen molar-refractivity contribution >= 4 is 12.0 Å². The Morgan fingerprint density at radius 3 is 2.46 bits per heavy atom. The molecule has 1 aromatic rings. The van der Waals surface area contributed by atoms with Crippen LogP contribution in [0, 0.1) is 11.8 Å². The standard InChI is InChI=1S/C11H8O2/c1-2-9-3-5-10(6-4-9)7-8-11(12)13/h2-6H,1H2,(H,12,13). The van der Waals surface area contributed by atoms with Gasteiger partial charge in [-0.3, -0.25) is 0 Å². The first-order chi connectivity index (χ1) is 6.22. The summed E-state index contributed by atoms with van der Waals surface area (Å²) in [5, 5.41) is 8.29. The molecule has 0 spiro atoms. The van der Waals surface area contributed by atoms with Crippen LogP contribution >= 0.6 is 0 Å². The van der Waals surface area contributed by atoms with Crippen LogP contribution in [0.15, 0.2) is 30.8 Å². The summed E-state index contributed by atoms with van der Waals surface area (Å²) in [6.07, 6.45) is 1.72. The highest BCUT2D eigenvalue weighted by molar-refractivity contribution is 5.87. The number of hydrogen-bond acceptors (Lipinski definition) is 1. The molecule has 2 nitrogen and oxygen atoms in total. The van der Waals surface area contributed by atoms with Crippen molar-refractivity contribution < 1.29 is 9.90 Å². The average molecular weight is 172 g/mol. The quantitative estimate of drug-likeness (QED) is 0.655. The van der Waals surface area contributed by atoms with Gasteiger partial charge in [-0.05, 0) is 17.7 Å². The Hall–Kier alpha value is -2.01.